The van der Waals surface area contributed by atoms with Crippen molar-refractivity contribution in [2.45, 2.75) is 25.3 Å². The molecule has 1 fully saturated rings. The SMILES string of the molecule is COc1ccc(CC(=O)N[C@@H]2CCCNC2)cc1OC.Cl. The van der Waals surface area contributed by atoms with Crippen molar-refractivity contribution in [1.82, 2.24) is 10.6 Å². The first-order valence-electron chi connectivity index (χ1n) is 6.94. The summed E-state index contributed by atoms with van der Waals surface area (Å²) in [5.74, 6) is 1.37. The molecule has 2 N–H and O–H groups in total. The number of halogens is 1. The van der Waals surface area contributed by atoms with Gasteiger partial charge in [0.1, 0.15) is 0 Å². The van der Waals surface area contributed by atoms with Crippen molar-refractivity contribution in [3.05, 3.63) is 23.8 Å². The molecule has 1 aliphatic heterocycles. The zero-order chi connectivity index (χ0) is 14.4. The van der Waals surface area contributed by atoms with E-state index < -0.39 is 0 Å². The first-order valence-corrected chi connectivity index (χ1v) is 6.94. The normalized spacial score (nSPS) is 17.5. The van der Waals surface area contributed by atoms with E-state index in [9.17, 15) is 4.79 Å². The van der Waals surface area contributed by atoms with E-state index in [0.29, 0.717) is 17.9 Å². The van der Waals surface area contributed by atoms with Gasteiger partial charge in [0, 0.05) is 12.6 Å². The number of nitrogens with one attached hydrogen (secondary N) is 2. The van der Waals surface area contributed by atoms with Gasteiger partial charge >= 0.3 is 0 Å². The lowest BCUT2D eigenvalue weighted by molar-refractivity contribution is -0.121. The summed E-state index contributed by atoms with van der Waals surface area (Å²) in [6.45, 7) is 1.90. The van der Waals surface area contributed by atoms with Crippen LogP contribution in [0.15, 0.2) is 18.2 Å². The molecule has 0 bridgehead atoms. The first kappa shape index (κ1) is 17.6. The molecule has 0 radical (unpaired) electrons. The lowest BCUT2D eigenvalue weighted by atomic mass is 10.1. The van der Waals surface area contributed by atoms with Gasteiger partial charge in [0.15, 0.2) is 11.5 Å². The van der Waals surface area contributed by atoms with E-state index in [1.54, 1.807) is 14.2 Å². The van der Waals surface area contributed by atoms with E-state index in [4.69, 9.17) is 9.47 Å². The number of ether oxygens (including phenoxy) is 2. The van der Waals surface area contributed by atoms with E-state index in [1.807, 2.05) is 18.2 Å². The fourth-order valence-electron chi connectivity index (χ4n) is 2.43. The molecular formula is C15H23ClN2O3. The van der Waals surface area contributed by atoms with Crippen molar-refractivity contribution in [3.63, 3.8) is 0 Å². The van der Waals surface area contributed by atoms with E-state index in [-0.39, 0.29) is 24.4 Å². The minimum atomic E-state index is 0. The maximum Gasteiger partial charge on any atom is 0.224 e. The molecule has 1 aromatic carbocycles. The van der Waals surface area contributed by atoms with Crippen LogP contribution in [-0.4, -0.2) is 39.3 Å². The molecule has 21 heavy (non-hydrogen) atoms. The maximum atomic E-state index is 12.0. The minimum absolute atomic E-state index is 0. The molecule has 0 saturated carbocycles. The highest BCUT2D eigenvalue weighted by Gasteiger charge is 2.16. The lowest BCUT2D eigenvalue weighted by Crippen LogP contribution is -2.46. The highest BCUT2D eigenvalue weighted by molar-refractivity contribution is 5.85. The molecule has 1 aliphatic rings. The molecule has 1 atom stereocenters. The predicted octanol–water partition coefficient (Wildman–Crippen LogP) is 1.54. The lowest BCUT2D eigenvalue weighted by Gasteiger charge is -2.23. The van der Waals surface area contributed by atoms with Crippen molar-refractivity contribution in [1.29, 1.82) is 0 Å². The van der Waals surface area contributed by atoms with Gasteiger partial charge in [-0.05, 0) is 37.1 Å². The van der Waals surface area contributed by atoms with Crippen molar-refractivity contribution in [2.75, 3.05) is 27.3 Å². The van der Waals surface area contributed by atoms with E-state index >= 15 is 0 Å². The molecule has 0 unspecified atom stereocenters. The molecule has 0 spiro atoms. The zero-order valence-corrected chi connectivity index (χ0v) is 13.3. The molecule has 5 nitrogen and oxygen atoms in total. The van der Waals surface area contributed by atoms with Crippen LogP contribution in [0.5, 0.6) is 11.5 Å². The smallest absolute Gasteiger partial charge is 0.224 e. The van der Waals surface area contributed by atoms with Crippen LogP contribution in [-0.2, 0) is 11.2 Å². The molecule has 1 aromatic rings. The molecule has 1 amide bonds. The summed E-state index contributed by atoms with van der Waals surface area (Å²) in [7, 11) is 3.19. The van der Waals surface area contributed by atoms with Gasteiger partial charge in [0.05, 0.1) is 20.6 Å². The van der Waals surface area contributed by atoms with E-state index in [1.165, 1.54) is 0 Å². The Bertz CT molecular complexity index is 462. The fourth-order valence-corrected chi connectivity index (χ4v) is 2.43. The molecule has 118 valence electrons. The summed E-state index contributed by atoms with van der Waals surface area (Å²) in [4.78, 5) is 12.0. The second-order valence-electron chi connectivity index (χ2n) is 4.98. The Labute approximate surface area is 131 Å². The van der Waals surface area contributed by atoms with Crippen LogP contribution in [0.25, 0.3) is 0 Å². The van der Waals surface area contributed by atoms with Gasteiger partial charge in [-0.2, -0.15) is 0 Å². The highest BCUT2D eigenvalue weighted by Crippen LogP contribution is 2.27. The summed E-state index contributed by atoms with van der Waals surface area (Å²) in [6, 6.07) is 5.80. The van der Waals surface area contributed by atoms with Crippen molar-refractivity contribution in [2.24, 2.45) is 0 Å². The maximum absolute atomic E-state index is 12.0. The number of carbonyl (C=O) groups excluding carboxylic acids is 1. The Balaban J connectivity index is 0.00000220. The Hall–Kier alpha value is -1.46. The molecule has 2 rings (SSSR count). The Morgan fingerprint density at radius 3 is 2.71 bits per heavy atom. The molecule has 0 aliphatic carbocycles. The monoisotopic (exact) mass is 314 g/mol. The molecule has 1 heterocycles. The zero-order valence-electron chi connectivity index (χ0n) is 12.5. The summed E-state index contributed by atoms with van der Waals surface area (Å²) < 4.78 is 10.4. The average molecular weight is 315 g/mol. The Kier molecular flexibility index (Phi) is 7.32. The van der Waals surface area contributed by atoms with Gasteiger partial charge in [-0.1, -0.05) is 6.07 Å². The number of amides is 1. The number of methoxy groups -OCH3 is 2. The van der Waals surface area contributed by atoms with Crippen LogP contribution < -0.4 is 20.1 Å². The van der Waals surface area contributed by atoms with Crippen molar-refractivity contribution in [3.8, 4) is 11.5 Å². The van der Waals surface area contributed by atoms with Crippen LogP contribution >= 0.6 is 12.4 Å². The predicted molar refractivity (Wildman–Crippen MR) is 84.5 cm³/mol. The quantitative estimate of drug-likeness (QED) is 0.865. The van der Waals surface area contributed by atoms with Gasteiger partial charge in [0.25, 0.3) is 0 Å². The fraction of sp³-hybridized carbons (Fsp3) is 0.533. The molecule has 6 heteroatoms. The number of benzene rings is 1. The van der Waals surface area contributed by atoms with Crippen LogP contribution in [0.4, 0.5) is 0 Å². The van der Waals surface area contributed by atoms with Crippen molar-refractivity contribution >= 4 is 18.3 Å². The van der Waals surface area contributed by atoms with Crippen LogP contribution in [0.3, 0.4) is 0 Å². The number of piperidine rings is 1. The number of carbonyl (C=O) groups is 1. The topological polar surface area (TPSA) is 59.6 Å². The molecule has 1 saturated heterocycles. The Morgan fingerprint density at radius 2 is 2.10 bits per heavy atom. The standard InChI is InChI=1S/C15H22N2O3.ClH/c1-19-13-6-5-11(8-14(13)20-2)9-15(18)17-12-4-3-7-16-10-12;/h5-6,8,12,16H,3-4,7,9-10H2,1-2H3,(H,17,18);1H/t12-;/m1./s1. The third-order valence-electron chi connectivity index (χ3n) is 3.47. The minimum Gasteiger partial charge on any atom is -0.493 e. The second kappa shape index (κ2) is 8.74. The largest absolute Gasteiger partial charge is 0.493 e. The molecular weight excluding hydrogens is 292 g/mol. The van der Waals surface area contributed by atoms with E-state index in [0.717, 1.165) is 31.5 Å². The Morgan fingerprint density at radius 1 is 1.33 bits per heavy atom. The summed E-state index contributed by atoms with van der Waals surface area (Å²) >= 11 is 0. The third kappa shape index (κ3) is 5.10. The van der Waals surface area contributed by atoms with Crippen LogP contribution in [0.1, 0.15) is 18.4 Å². The molecule has 0 aromatic heterocycles. The highest BCUT2D eigenvalue weighted by atomic mass is 35.5. The van der Waals surface area contributed by atoms with Crippen LogP contribution in [0, 0.1) is 0 Å². The van der Waals surface area contributed by atoms with Gasteiger partial charge in [0.2, 0.25) is 5.91 Å². The first-order chi connectivity index (χ1) is 9.72. The van der Waals surface area contributed by atoms with Gasteiger partial charge in [-0.15, -0.1) is 12.4 Å². The number of hydrogen-bond acceptors (Lipinski definition) is 4. The van der Waals surface area contributed by atoms with Crippen LogP contribution in [0.2, 0.25) is 0 Å². The average Bonchev–Trinajstić information content (AvgIpc) is 2.48. The number of rotatable bonds is 5. The van der Waals surface area contributed by atoms with Gasteiger partial charge < -0.3 is 20.1 Å². The second-order valence-corrected chi connectivity index (χ2v) is 4.98. The van der Waals surface area contributed by atoms with Gasteiger partial charge in [-0.3, -0.25) is 4.79 Å². The summed E-state index contributed by atoms with van der Waals surface area (Å²) in [5.41, 5.74) is 0.920. The number of hydrogen-bond donors (Lipinski definition) is 2. The summed E-state index contributed by atoms with van der Waals surface area (Å²) in [6.07, 6.45) is 2.52. The van der Waals surface area contributed by atoms with E-state index in [2.05, 4.69) is 10.6 Å². The van der Waals surface area contributed by atoms with Gasteiger partial charge in [-0.25, -0.2) is 0 Å². The summed E-state index contributed by atoms with van der Waals surface area (Å²) in [5, 5.41) is 6.35. The van der Waals surface area contributed by atoms with Crippen molar-refractivity contribution < 1.29 is 14.3 Å². The third-order valence-corrected chi connectivity index (χ3v) is 3.47.